The van der Waals surface area contributed by atoms with Crippen LogP contribution in [0.3, 0.4) is 0 Å². The number of benzene rings is 2. The zero-order valence-electron chi connectivity index (χ0n) is 14.2. The van der Waals surface area contributed by atoms with Crippen molar-refractivity contribution in [2.45, 2.75) is 6.92 Å². The Morgan fingerprint density at radius 1 is 0.962 bits per heavy atom. The number of hydrogen-bond acceptors (Lipinski definition) is 4. The van der Waals surface area contributed by atoms with Crippen molar-refractivity contribution in [3.63, 3.8) is 0 Å². The van der Waals surface area contributed by atoms with Gasteiger partial charge in [-0.15, -0.1) is 0 Å². The largest absolute Gasteiger partial charge is 0.484 e. The van der Waals surface area contributed by atoms with Crippen LogP contribution >= 0.6 is 0 Å². The molecule has 0 aliphatic carbocycles. The first-order valence-corrected chi connectivity index (χ1v) is 8.04. The topological polar surface area (TPSA) is 80.6 Å². The summed E-state index contributed by atoms with van der Waals surface area (Å²) < 4.78 is 10.5. The Labute approximate surface area is 150 Å². The van der Waals surface area contributed by atoms with Crippen molar-refractivity contribution in [1.82, 2.24) is 0 Å². The standard InChI is InChI=1S/C20H18N2O4/c1-14-4-2-5-16(12-14)21-19(23)13-26-17-9-7-15(8-10-17)22-20(24)18-6-3-11-25-18/h2-12H,13H2,1H3,(H,21,23)(H,22,24). The zero-order chi connectivity index (χ0) is 18.4. The minimum Gasteiger partial charge on any atom is -0.484 e. The van der Waals surface area contributed by atoms with Crippen molar-refractivity contribution >= 4 is 23.2 Å². The first kappa shape index (κ1) is 17.3. The van der Waals surface area contributed by atoms with Crippen LogP contribution in [0.1, 0.15) is 16.1 Å². The predicted octanol–water partition coefficient (Wildman–Crippen LogP) is 3.86. The molecular weight excluding hydrogens is 332 g/mol. The molecule has 6 heteroatoms. The van der Waals surface area contributed by atoms with Crippen molar-refractivity contribution in [3.8, 4) is 5.75 Å². The molecule has 0 aliphatic heterocycles. The van der Waals surface area contributed by atoms with E-state index in [2.05, 4.69) is 10.6 Å². The maximum atomic E-state index is 11.9. The summed E-state index contributed by atoms with van der Waals surface area (Å²) in [6, 6.07) is 17.5. The van der Waals surface area contributed by atoms with Gasteiger partial charge in [-0.1, -0.05) is 12.1 Å². The Hall–Kier alpha value is -3.54. The molecule has 0 spiro atoms. The molecule has 132 valence electrons. The van der Waals surface area contributed by atoms with E-state index in [9.17, 15) is 9.59 Å². The van der Waals surface area contributed by atoms with E-state index in [4.69, 9.17) is 9.15 Å². The van der Waals surface area contributed by atoms with Crippen LogP contribution in [-0.4, -0.2) is 18.4 Å². The number of hydrogen-bond donors (Lipinski definition) is 2. The Morgan fingerprint density at radius 2 is 1.77 bits per heavy atom. The van der Waals surface area contributed by atoms with Gasteiger partial charge in [0.15, 0.2) is 12.4 Å². The molecule has 2 aromatic carbocycles. The van der Waals surface area contributed by atoms with Crippen molar-refractivity contribution in [2.75, 3.05) is 17.2 Å². The summed E-state index contributed by atoms with van der Waals surface area (Å²) in [4.78, 5) is 23.8. The van der Waals surface area contributed by atoms with Gasteiger partial charge in [-0.25, -0.2) is 0 Å². The second-order valence-corrected chi connectivity index (χ2v) is 5.66. The monoisotopic (exact) mass is 350 g/mol. The summed E-state index contributed by atoms with van der Waals surface area (Å²) in [5.41, 5.74) is 2.40. The Kier molecular flexibility index (Phi) is 5.34. The Bertz CT molecular complexity index is 886. The van der Waals surface area contributed by atoms with E-state index in [-0.39, 0.29) is 24.2 Å². The summed E-state index contributed by atoms with van der Waals surface area (Å²) in [6.45, 7) is 1.85. The van der Waals surface area contributed by atoms with Crippen molar-refractivity contribution in [2.24, 2.45) is 0 Å². The third-order valence-corrected chi connectivity index (χ3v) is 3.53. The summed E-state index contributed by atoms with van der Waals surface area (Å²) in [5.74, 6) is 0.186. The van der Waals surface area contributed by atoms with Gasteiger partial charge in [-0.3, -0.25) is 9.59 Å². The van der Waals surface area contributed by atoms with Gasteiger partial charge >= 0.3 is 0 Å². The predicted molar refractivity (Wildman–Crippen MR) is 98.4 cm³/mol. The lowest BCUT2D eigenvalue weighted by atomic mass is 10.2. The molecule has 0 bridgehead atoms. The first-order chi connectivity index (χ1) is 12.6. The molecule has 3 rings (SSSR count). The second-order valence-electron chi connectivity index (χ2n) is 5.66. The first-order valence-electron chi connectivity index (χ1n) is 8.04. The molecule has 2 amide bonds. The van der Waals surface area contributed by atoms with Crippen LogP contribution in [0.15, 0.2) is 71.3 Å². The summed E-state index contributed by atoms with van der Waals surface area (Å²) in [7, 11) is 0. The number of aryl methyl sites for hydroxylation is 1. The fraction of sp³-hybridized carbons (Fsp3) is 0.100. The number of amides is 2. The minimum absolute atomic E-state index is 0.105. The Morgan fingerprint density at radius 3 is 2.46 bits per heavy atom. The van der Waals surface area contributed by atoms with Gasteiger partial charge in [0, 0.05) is 11.4 Å². The van der Waals surface area contributed by atoms with Crippen LogP contribution in [0, 0.1) is 6.92 Å². The molecule has 0 saturated carbocycles. The molecule has 0 fully saturated rings. The number of anilines is 2. The number of rotatable bonds is 6. The van der Waals surface area contributed by atoms with E-state index in [0.717, 1.165) is 11.3 Å². The highest BCUT2D eigenvalue weighted by atomic mass is 16.5. The normalized spacial score (nSPS) is 10.2. The van der Waals surface area contributed by atoms with Gasteiger partial charge in [0.25, 0.3) is 11.8 Å². The summed E-state index contributed by atoms with van der Waals surface area (Å²) in [5, 5.41) is 5.48. The average Bonchev–Trinajstić information content (AvgIpc) is 3.16. The van der Waals surface area contributed by atoms with Gasteiger partial charge in [-0.2, -0.15) is 0 Å². The van der Waals surface area contributed by atoms with Crippen LogP contribution in [0.25, 0.3) is 0 Å². The number of furan rings is 1. The molecule has 2 N–H and O–H groups in total. The third-order valence-electron chi connectivity index (χ3n) is 3.53. The van der Waals surface area contributed by atoms with E-state index < -0.39 is 0 Å². The lowest BCUT2D eigenvalue weighted by Gasteiger charge is -2.09. The highest BCUT2D eigenvalue weighted by Gasteiger charge is 2.09. The number of carbonyl (C=O) groups excluding carboxylic acids is 2. The molecule has 6 nitrogen and oxygen atoms in total. The molecule has 0 saturated heterocycles. The van der Waals surface area contributed by atoms with E-state index in [0.29, 0.717) is 11.4 Å². The van der Waals surface area contributed by atoms with Crippen molar-refractivity contribution in [3.05, 3.63) is 78.3 Å². The molecule has 0 atom stereocenters. The third kappa shape index (κ3) is 4.73. The summed E-state index contributed by atoms with van der Waals surface area (Å²) in [6.07, 6.45) is 1.44. The van der Waals surface area contributed by atoms with Gasteiger partial charge in [0.1, 0.15) is 5.75 Å². The van der Waals surface area contributed by atoms with Crippen LogP contribution < -0.4 is 15.4 Å². The van der Waals surface area contributed by atoms with E-state index in [1.54, 1.807) is 36.4 Å². The number of carbonyl (C=O) groups is 2. The molecule has 26 heavy (non-hydrogen) atoms. The molecule has 0 radical (unpaired) electrons. The molecule has 1 aromatic heterocycles. The maximum absolute atomic E-state index is 11.9. The van der Waals surface area contributed by atoms with E-state index in [1.165, 1.54) is 6.26 Å². The Balaban J connectivity index is 1.49. The van der Waals surface area contributed by atoms with Gasteiger partial charge < -0.3 is 19.8 Å². The zero-order valence-corrected chi connectivity index (χ0v) is 14.2. The second kappa shape index (κ2) is 8.02. The van der Waals surface area contributed by atoms with Crippen LogP contribution in [0.5, 0.6) is 5.75 Å². The highest BCUT2D eigenvalue weighted by Crippen LogP contribution is 2.17. The number of nitrogens with one attached hydrogen (secondary N) is 2. The molecular formula is C20H18N2O4. The SMILES string of the molecule is Cc1cccc(NC(=O)COc2ccc(NC(=O)c3ccco3)cc2)c1. The lowest BCUT2D eigenvalue weighted by molar-refractivity contribution is -0.118. The fourth-order valence-electron chi connectivity index (χ4n) is 2.30. The smallest absolute Gasteiger partial charge is 0.291 e. The fourth-order valence-corrected chi connectivity index (χ4v) is 2.30. The van der Waals surface area contributed by atoms with Crippen molar-refractivity contribution in [1.29, 1.82) is 0 Å². The molecule has 0 unspecified atom stereocenters. The maximum Gasteiger partial charge on any atom is 0.291 e. The molecule has 3 aromatic rings. The number of ether oxygens (including phenoxy) is 1. The highest BCUT2D eigenvalue weighted by molar-refractivity contribution is 6.02. The minimum atomic E-state index is -0.332. The van der Waals surface area contributed by atoms with E-state index in [1.807, 2.05) is 31.2 Å². The van der Waals surface area contributed by atoms with Crippen LogP contribution in [0.4, 0.5) is 11.4 Å². The van der Waals surface area contributed by atoms with Gasteiger partial charge in [-0.05, 0) is 61.0 Å². The van der Waals surface area contributed by atoms with Crippen LogP contribution in [-0.2, 0) is 4.79 Å². The average molecular weight is 350 g/mol. The van der Waals surface area contributed by atoms with Gasteiger partial charge in [0.2, 0.25) is 0 Å². The molecule has 0 aliphatic rings. The van der Waals surface area contributed by atoms with Crippen LogP contribution in [0.2, 0.25) is 0 Å². The lowest BCUT2D eigenvalue weighted by Crippen LogP contribution is -2.20. The van der Waals surface area contributed by atoms with Gasteiger partial charge in [0.05, 0.1) is 6.26 Å². The van der Waals surface area contributed by atoms with Crippen molar-refractivity contribution < 1.29 is 18.7 Å². The quantitative estimate of drug-likeness (QED) is 0.707. The molecule has 1 heterocycles. The van der Waals surface area contributed by atoms with E-state index >= 15 is 0 Å². The summed E-state index contributed by atoms with van der Waals surface area (Å²) >= 11 is 0.